The molecule has 2 aromatic rings. The number of nitrogens with one attached hydrogen (secondary N) is 1. The third-order valence-electron chi connectivity index (χ3n) is 5.92. The summed E-state index contributed by atoms with van der Waals surface area (Å²) in [7, 11) is 1.55. The van der Waals surface area contributed by atoms with E-state index in [1.54, 1.807) is 20.1 Å². The Bertz CT molecular complexity index is 1230. The van der Waals surface area contributed by atoms with Gasteiger partial charge in [-0.3, -0.25) is 4.79 Å². The summed E-state index contributed by atoms with van der Waals surface area (Å²) >= 11 is 7.76. The fourth-order valence-corrected chi connectivity index (χ4v) is 5.36. The van der Waals surface area contributed by atoms with Crippen molar-refractivity contribution >= 4 is 40.4 Å². The molecule has 2 heterocycles. The summed E-state index contributed by atoms with van der Waals surface area (Å²) in [6.45, 7) is 4.16. The Hall–Kier alpha value is -3.07. The van der Waals surface area contributed by atoms with Gasteiger partial charge in [0.05, 0.1) is 36.4 Å². The fourth-order valence-electron chi connectivity index (χ4n) is 4.20. The highest BCUT2D eigenvalue weighted by Crippen LogP contribution is 2.45. The summed E-state index contributed by atoms with van der Waals surface area (Å²) < 4.78 is 10.5. The van der Waals surface area contributed by atoms with Crippen molar-refractivity contribution in [3.8, 4) is 0 Å². The molecule has 2 aliphatic rings. The first kappa shape index (κ1) is 26.0. The lowest BCUT2D eigenvalue weighted by Crippen LogP contribution is -2.38. The van der Waals surface area contributed by atoms with E-state index in [1.807, 2.05) is 65.8 Å². The number of benzene rings is 2. The highest BCUT2D eigenvalue weighted by Gasteiger charge is 2.41. The van der Waals surface area contributed by atoms with Crippen molar-refractivity contribution in [3.05, 3.63) is 93.1 Å². The number of carbonyl (C=O) groups is 2. The van der Waals surface area contributed by atoms with Gasteiger partial charge >= 0.3 is 5.97 Å². The number of hydrogen-bond donors (Lipinski definition) is 1. The Labute approximate surface area is 220 Å². The standard InChI is InChI=1S/C27H28ClN3O4S/c1-17(19-8-5-4-6-9-19)29-23(32)15-22-16-36-27-30-18(2)24(26(33)35-13-12-34-3)25(31(22)27)20-10-7-11-21(28)14-20/h4-11,14,16-17,25H,12-13,15H2,1-3H3,(H,29,32). The maximum absolute atomic E-state index is 13.2. The Kier molecular flexibility index (Phi) is 8.51. The van der Waals surface area contributed by atoms with Gasteiger partial charge in [-0.2, -0.15) is 0 Å². The number of amides is 1. The molecule has 7 nitrogen and oxygen atoms in total. The SMILES string of the molecule is COCCOC(=O)C1=C(C)N=C2SC=C(CC(=O)NC(C)c3ccccc3)N2C1c1cccc(Cl)c1. The number of rotatable bonds is 9. The molecule has 0 spiro atoms. The van der Waals surface area contributed by atoms with Gasteiger partial charge in [-0.25, -0.2) is 9.79 Å². The van der Waals surface area contributed by atoms with Gasteiger partial charge in [0.25, 0.3) is 0 Å². The van der Waals surface area contributed by atoms with Crippen LogP contribution in [0.4, 0.5) is 0 Å². The number of esters is 1. The molecule has 188 valence electrons. The zero-order valence-corrected chi connectivity index (χ0v) is 21.9. The Morgan fingerprint density at radius 2 is 1.94 bits per heavy atom. The van der Waals surface area contributed by atoms with E-state index in [2.05, 4.69) is 10.3 Å². The number of aliphatic imine (C=N–C) groups is 1. The second kappa shape index (κ2) is 11.8. The van der Waals surface area contributed by atoms with E-state index in [9.17, 15) is 9.59 Å². The van der Waals surface area contributed by atoms with Gasteiger partial charge in [0.15, 0.2) is 5.17 Å². The van der Waals surface area contributed by atoms with E-state index in [-0.39, 0.29) is 25.0 Å². The topological polar surface area (TPSA) is 80.2 Å². The molecule has 9 heteroatoms. The van der Waals surface area contributed by atoms with Crippen molar-refractivity contribution in [3.63, 3.8) is 0 Å². The molecule has 2 unspecified atom stereocenters. The van der Waals surface area contributed by atoms with Crippen LogP contribution in [0.3, 0.4) is 0 Å². The van der Waals surface area contributed by atoms with E-state index < -0.39 is 12.0 Å². The van der Waals surface area contributed by atoms with Gasteiger partial charge in [-0.15, -0.1) is 0 Å². The zero-order chi connectivity index (χ0) is 25.7. The van der Waals surface area contributed by atoms with Crippen LogP contribution in [-0.2, 0) is 19.1 Å². The van der Waals surface area contributed by atoms with Crippen LogP contribution in [0, 0.1) is 0 Å². The molecule has 1 amide bonds. The van der Waals surface area contributed by atoms with Crippen molar-refractivity contribution in [1.82, 2.24) is 10.2 Å². The molecule has 0 saturated carbocycles. The normalized spacial score (nSPS) is 17.8. The number of halogens is 1. The van der Waals surface area contributed by atoms with Crippen LogP contribution in [0.1, 0.15) is 43.5 Å². The fraction of sp³-hybridized carbons (Fsp3) is 0.296. The van der Waals surface area contributed by atoms with Crippen molar-refractivity contribution in [2.75, 3.05) is 20.3 Å². The van der Waals surface area contributed by atoms with Crippen molar-refractivity contribution in [1.29, 1.82) is 0 Å². The first-order chi connectivity index (χ1) is 17.4. The number of nitrogens with zero attached hydrogens (tertiary/aromatic N) is 2. The van der Waals surface area contributed by atoms with Crippen LogP contribution in [0.2, 0.25) is 5.02 Å². The lowest BCUT2D eigenvalue weighted by atomic mass is 9.94. The van der Waals surface area contributed by atoms with Gasteiger partial charge in [0.2, 0.25) is 5.91 Å². The van der Waals surface area contributed by atoms with E-state index in [0.29, 0.717) is 28.1 Å². The molecule has 1 N–H and O–H groups in total. The number of thioether (sulfide) groups is 1. The molecule has 0 saturated heterocycles. The molecule has 2 aromatic carbocycles. The molecular formula is C27H28ClN3O4S. The smallest absolute Gasteiger partial charge is 0.338 e. The molecular weight excluding hydrogens is 498 g/mol. The van der Waals surface area contributed by atoms with E-state index in [4.69, 9.17) is 21.1 Å². The largest absolute Gasteiger partial charge is 0.460 e. The molecule has 4 rings (SSSR count). The van der Waals surface area contributed by atoms with Gasteiger partial charge in [-0.1, -0.05) is 65.8 Å². The summed E-state index contributed by atoms with van der Waals surface area (Å²) in [5.41, 5.74) is 3.55. The van der Waals surface area contributed by atoms with Crippen molar-refractivity contribution < 1.29 is 19.1 Å². The average molecular weight is 526 g/mol. The summed E-state index contributed by atoms with van der Waals surface area (Å²) in [6, 6.07) is 16.5. The molecule has 0 fully saturated rings. The predicted molar refractivity (Wildman–Crippen MR) is 142 cm³/mol. The Morgan fingerprint density at radius 1 is 1.17 bits per heavy atom. The van der Waals surface area contributed by atoms with Gasteiger partial charge < -0.3 is 19.7 Å². The minimum absolute atomic E-state index is 0.125. The number of carbonyl (C=O) groups excluding carboxylic acids is 2. The number of methoxy groups -OCH3 is 1. The maximum atomic E-state index is 13.2. The van der Waals surface area contributed by atoms with Gasteiger partial charge in [0.1, 0.15) is 6.61 Å². The number of amidine groups is 1. The third kappa shape index (κ3) is 5.83. The van der Waals surface area contributed by atoms with Gasteiger partial charge in [-0.05, 0) is 42.5 Å². The molecule has 2 atom stereocenters. The second-order valence-electron chi connectivity index (χ2n) is 8.45. The number of hydrogen-bond acceptors (Lipinski definition) is 7. The highest BCUT2D eigenvalue weighted by atomic mass is 35.5. The molecule has 0 bridgehead atoms. The molecule has 2 aliphatic heterocycles. The predicted octanol–water partition coefficient (Wildman–Crippen LogP) is 5.37. The molecule has 0 aliphatic carbocycles. The van der Waals surface area contributed by atoms with Crippen LogP contribution in [0.5, 0.6) is 0 Å². The van der Waals surface area contributed by atoms with Gasteiger partial charge in [0, 0.05) is 17.8 Å². The molecule has 0 aromatic heterocycles. The molecule has 36 heavy (non-hydrogen) atoms. The molecule has 0 radical (unpaired) electrons. The summed E-state index contributed by atoms with van der Waals surface area (Å²) in [6.07, 6.45) is 0.130. The Morgan fingerprint density at radius 3 is 2.67 bits per heavy atom. The minimum Gasteiger partial charge on any atom is -0.460 e. The van der Waals surface area contributed by atoms with E-state index >= 15 is 0 Å². The van der Waals surface area contributed by atoms with Crippen LogP contribution >= 0.6 is 23.4 Å². The summed E-state index contributed by atoms with van der Waals surface area (Å²) in [5, 5.41) is 6.23. The lowest BCUT2D eigenvalue weighted by molar-refractivity contribution is -0.141. The second-order valence-corrected chi connectivity index (χ2v) is 9.73. The summed E-state index contributed by atoms with van der Waals surface area (Å²) in [4.78, 5) is 32.9. The average Bonchev–Trinajstić information content (AvgIpc) is 3.25. The van der Waals surface area contributed by atoms with E-state index in [1.165, 1.54) is 11.8 Å². The van der Waals surface area contributed by atoms with Crippen molar-refractivity contribution in [2.45, 2.75) is 32.4 Å². The van der Waals surface area contributed by atoms with Crippen LogP contribution in [0.25, 0.3) is 0 Å². The van der Waals surface area contributed by atoms with Crippen LogP contribution in [-0.4, -0.2) is 42.3 Å². The van der Waals surface area contributed by atoms with Crippen LogP contribution in [0.15, 0.2) is 82.0 Å². The Balaban J connectivity index is 1.61. The lowest BCUT2D eigenvalue weighted by Gasteiger charge is -2.36. The minimum atomic E-state index is -0.535. The van der Waals surface area contributed by atoms with E-state index in [0.717, 1.165) is 16.8 Å². The van der Waals surface area contributed by atoms with Crippen LogP contribution < -0.4 is 5.32 Å². The highest BCUT2D eigenvalue weighted by molar-refractivity contribution is 8.16. The third-order valence-corrected chi connectivity index (χ3v) is 7.05. The first-order valence-electron chi connectivity index (χ1n) is 11.6. The zero-order valence-electron chi connectivity index (χ0n) is 20.4. The number of allylic oxidation sites excluding steroid dienone is 1. The monoisotopic (exact) mass is 525 g/mol. The summed E-state index contributed by atoms with van der Waals surface area (Å²) in [5.74, 6) is -0.601. The first-order valence-corrected chi connectivity index (χ1v) is 12.8. The quantitative estimate of drug-likeness (QED) is 0.350. The number of fused-ring (bicyclic) bond motifs is 1. The van der Waals surface area contributed by atoms with Crippen molar-refractivity contribution in [2.24, 2.45) is 4.99 Å². The maximum Gasteiger partial charge on any atom is 0.338 e. The number of ether oxygens (including phenoxy) is 2.